The lowest BCUT2D eigenvalue weighted by atomic mass is 9.88. The molecule has 1 N–H and O–H groups in total. The fourth-order valence-electron chi connectivity index (χ4n) is 3.14. The van der Waals surface area contributed by atoms with Crippen LogP contribution in [0.1, 0.15) is 45.4 Å². The second kappa shape index (κ2) is 6.76. The largest absolute Gasteiger partial charge is 0.377 e. The SMILES string of the molecule is CCC1OCCC1C(=O)NCC1CCCC(Cl)C1. The molecule has 2 fully saturated rings. The third kappa shape index (κ3) is 3.61. The van der Waals surface area contributed by atoms with Gasteiger partial charge in [0.2, 0.25) is 5.91 Å². The standard InChI is InChI=1S/C14H24ClNO2/c1-2-13-12(6-7-18-13)14(17)16-9-10-4-3-5-11(15)8-10/h10-13H,2-9H2,1H3,(H,16,17). The maximum Gasteiger partial charge on any atom is 0.225 e. The number of carbonyl (C=O) groups is 1. The summed E-state index contributed by atoms with van der Waals surface area (Å²) in [6.45, 7) is 3.59. The zero-order valence-corrected chi connectivity index (χ0v) is 11.9. The van der Waals surface area contributed by atoms with E-state index in [2.05, 4.69) is 12.2 Å². The molecule has 0 aromatic heterocycles. The highest BCUT2D eigenvalue weighted by atomic mass is 35.5. The fourth-order valence-corrected chi connectivity index (χ4v) is 3.54. The zero-order valence-electron chi connectivity index (χ0n) is 11.2. The maximum absolute atomic E-state index is 12.1. The first-order chi connectivity index (χ1) is 8.70. The van der Waals surface area contributed by atoms with Crippen molar-refractivity contribution in [1.29, 1.82) is 0 Å². The van der Waals surface area contributed by atoms with Crippen LogP contribution in [0.4, 0.5) is 0 Å². The van der Waals surface area contributed by atoms with E-state index in [1.165, 1.54) is 12.8 Å². The second-order valence-corrected chi connectivity index (χ2v) is 6.20. The van der Waals surface area contributed by atoms with Crippen LogP contribution in [0.3, 0.4) is 0 Å². The molecule has 1 saturated heterocycles. The van der Waals surface area contributed by atoms with E-state index in [4.69, 9.17) is 16.3 Å². The molecule has 0 radical (unpaired) electrons. The Hall–Kier alpha value is -0.280. The Morgan fingerprint density at radius 2 is 2.22 bits per heavy atom. The zero-order chi connectivity index (χ0) is 13.0. The van der Waals surface area contributed by atoms with Gasteiger partial charge in [-0.05, 0) is 38.0 Å². The van der Waals surface area contributed by atoms with Crippen LogP contribution in [0.5, 0.6) is 0 Å². The van der Waals surface area contributed by atoms with Crippen molar-refractivity contribution >= 4 is 17.5 Å². The molecule has 1 aliphatic carbocycles. The molecule has 104 valence electrons. The molecule has 2 aliphatic rings. The Morgan fingerprint density at radius 1 is 1.39 bits per heavy atom. The molecular formula is C14H24ClNO2. The second-order valence-electron chi connectivity index (χ2n) is 5.59. The molecule has 4 heteroatoms. The lowest BCUT2D eigenvalue weighted by molar-refractivity contribution is -0.126. The maximum atomic E-state index is 12.1. The Morgan fingerprint density at radius 3 is 2.94 bits per heavy atom. The number of nitrogens with one attached hydrogen (secondary N) is 1. The smallest absolute Gasteiger partial charge is 0.225 e. The molecule has 2 rings (SSSR count). The van der Waals surface area contributed by atoms with E-state index < -0.39 is 0 Å². The fraction of sp³-hybridized carbons (Fsp3) is 0.929. The topological polar surface area (TPSA) is 38.3 Å². The molecule has 0 bridgehead atoms. The Labute approximate surface area is 115 Å². The number of carbonyl (C=O) groups excluding carboxylic acids is 1. The number of halogens is 1. The van der Waals surface area contributed by atoms with Gasteiger partial charge < -0.3 is 10.1 Å². The molecule has 1 saturated carbocycles. The van der Waals surface area contributed by atoms with Crippen molar-refractivity contribution in [3.63, 3.8) is 0 Å². The highest BCUT2D eigenvalue weighted by Crippen LogP contribution is 2.28. The third-order valence-electron chi connectivity index (χ3n) is 4.23. The number of amides is 1. The molecule has 1 heterocycles. The molecular weight excluding hydrogens is 250 g/mol. The lowest BCUT2D eigenvalue weighted by Crippen LogP contribution is -2.38. The van der Waals surface area contributed by atoms with Gasteiger partial charge in [-0.1, -0.05) is 13.3 Å². The van der Waals surface area contributed by atoms with E-state index in [0.29, 0.717) is 11.3 Å². The molecule has 0 aromatic rings. The van der Waals surface area contributed by atoms with Gasteiger partial charge in [0.1, 0.15) is 0 Å². The summed E-state index contributed by atoms with van der Waals surface area (Å²) in [5.41, 5.74) is 0. The van der Waals surface area contributed by atoms with E-state index in [-0.39, 0.29) is 17.9 Å². The summed E-state index contributed by atoms with van der Waals surface area (Å²) in [7, 11) is 0. The van der Waals surface area contributed by atoms with Crippen LogP contribution < -0.4 is 5.32 Å². The monoisotopic (exact) mass is 273 g/mol. The Bertz CT molecular complexity index is 285. The van der Waals surface area contributed by atoms with E-state index in [1.54, 1.807) is 0 Å². The van der Waals surface area contributed by atoms with Crippen molar-refractivity contribution < 1.29 is 9.53 Å². The van der Waals surface area contributed by atoms with E-state index in [1.807, 2.05) is 0 Å². The van der Waals surface area contributed by atoms with Gasteiger partial charge in [0.25, 0.3) is 0 Å². The van der Waals surface area contributed by atoms with Crippen LogP contribution in [0.25, 0.3) is 0 Å². The average molecular weight is 274 g/mol. The van der Waals surface area contributed by atoms with E-state index >= 15 is 0 Å². The average Bonchev–Trinajstić information content (AvgIpc) is 2.84. The molecule has 0 spiro atoms. The van der Waals surface area contributed by atoms with Crippen LogP contribution in [-0.4, -0.2) is 30.5 Å². The van der Waals surface area contributed by atoms with Crippen LogP contribution >= 0.6 is 11.6 Å². The van der Waals surface area contributed by atoms with Crippen molar-refractivity contribution in [1.82, 2.24) is 5.32 Å². The minimum absolute atomic E-state index is 0.0605. The minimum atomic E-state index is 0.0605. The van der Waals surface area contributed by atoms with Gasteiger partial charge in [0, 0.05) is 18.5 Å². The molecule has 1 amide bonds. The van der Waals surface area contributed by atoms with Gasteiger partial charge in [0.15, 0.2) is 0 Å². The summed E-state index contributed by atoms with van der Waals surface area (Å²) in [5, 5.41) is 3.41. The third-order valence-corrected chi connectivity index (χ3v) is 4.63. The van der Waals surface area contributed by atoms with E-state index in [0.717, 1.165) is 38.8 Å². The van der Waals surface area contributed by atoms with Gasteiger partial charge in [-0.3, -0.25) is 4.79 Å². The summed E-state index contributed by atoms with van der Waals surface area (Å²) in [6, 6.07) is 0. The molecule has 0 aromatic carbocycles. The quantitative estimate of drug-likeness (QED) is 0.800. The first kappa shape index (κ1) is 14.1. The molecule has 4 unspecified atom stereocenters. The lowest BCUT2D eigenvalue weighted by Gasteiger charge is -2.26. The molecule has 4 atom stereocenters. The normalized spacial score (nSPS) is 36.6. The predicted molar refractivity (Wildman–Crippen MR) is 72.7 cm³/mol. The van der Waals surface area contributed by atoms with Gasteiger partial charge in [0.05, 0.1) is 12.0 Å². The van der Waals surface area contributed by atoms with Gasteiger partial charge >= 0.3 is 0 Å². The molecule has 18 heavy (non-hydrogen) atoms. The van der Waals surface area contributed by atoms with Crippen LogP contribution in [0.2, 0.25) is 0 Å². The number of hydrogen-bond acceptors (Lipinski definition) is 2. The first-order valence-corrected chi connectivity index (χ1v) is 7.67. The predicted octanol–water partition coefficient (Wildman–Crippen LogP) is 2.72. The van der Waals surface area contributed by atoms with E-state index in [9.17, 15) is 4.79 Å². The number of ether oxygens (including phenoxy) is 1. The Balaban J connectivity index is 1.74. The van der Waals surface area contributed by atoms with Crippen LogP contribution in [0, 0.1) is 11.8 Å². The highest BCUT2D eigenvalue weighted by Gasteiger charge is 2.33. The summed E-state index contributed by atoms with van der Waals surface area (Å²) in [6.07, 6.45) is 6.47. The van der Waals surface area contributed by atoms with Crippen LogP contribution in [-0.2, 0) is 9.53 Å². The summed E-state index contributed by atoms with van der Waals surface area (Å²) in [5.74, 6) is 0.800. The van der Waals surface area contributed by atoms with Crippen molar-refractivity contribution in [2.24, 2.45) is 11.8 Å². The summed E-state index contributed by atoms with van der Waals surface area (Å²) >= 11 is 6.17. The van der Waals surface area contributed by atoms with Gasteiger partial charge in [-0.25, -0.2) is 0 Å². The van der Waals surface area contributed by atoms with Crippen molar-refractivity contribution in [3.05, 3.63) is 0 Å². The summed E-state index contributed by atoms with van der Waals surface area (Å²) < 4.78 is 5.56. The number of alkyl halides is 1. The number of hydrogen-bond donors (Lipinski definition) is 1. The Kier molecular flexibility index (Phi) is 5.31. The highest BCUT2D eigenvalue weighted by molar-refractivity contribution is 6.20. The molecule has 3 nitrogen and oxygen atoms in total. The van der Waals surface area contributed by atoms with Crippen molar-refractivity contribution in [2.75, 3.05) is 13.2 Å². The minimum Gasteiger partial charge on any atom is -0.377 e. The van der Waals surface area contributed by atoms with Gasteiger partial charge in [-0.2, -0.15) is 0 Å². The number of rotatable bonds is 4. The summed E-state index contributed by atoms with van der Waals surface area (Å²) in [4.78, 5) is 12.1. The van der Waals surface area contributed by atoms with Crippen molar-refractivity contribution in [3.8, 4) is 0 Å². The van der Waals surface area contributed by atoms with Gasteiger partial charge in [-0.15, -0.1) is 11.6 Å². The van der Waals surface area contributed by atoms with Crippen LogP contribution in [0.15, 0.2) is 0 Å². The first-order valence-electron chi connectivity index (χ1n) is 7.24. The molecule has 1 aliphatic heterocycles. The van der Waals surface area contributed by atoms with Crippen molar-refractivity contribution in [2.45, 2.75) is 56.9 Å².